The number of methoxy groups -OCH3 is 3. The molecule has 0 spiro atoms. The predicted molar refractivity (Wildman–Crippen MR) is 90.5 cm³/mol. The highest BCUT2D eigenvalue weighted by Gasteiger charge is 2.34. The first kappa shape index (κ1) is 16.6. The average molecular weight is 346 g/mol. The van der Waals surface area contributed by atoms with E-state index in [1.165, 1.54) is 21.3 Å². The van der Waals surface area contributed by atoms with Gasteiger partial charge in [-0.1, -0.05) is 6.07 Å². The van der Waals surface area contributed by atoms with E-state index in [1.54, 1.807) is 12.1 Å². The number of aromatic nitrogens is 2. The molecule has 1 aliphatic heterocycles. The van der Waals surface area contributed by atoms with Crippen molar-refractivity contribution in [3.63, 3.8) is 0 Å². The van der Waals surface area contributed by atoms with Crippen LogP contribution in [0.5, 0.6) is 17.2 Å². The lowest BCUT2D eigenvalue weighted by molar-refractivity contribution is -0.116. The zero-order valence-electron chi connectivity index (χ0n) is 14.0. The second-order valence-corrected chi connectivity index (χ2v) is 5.44. The van der Waals surface area contributed by atoms with Gasteiger partial charge in [0.05, 0.1) is 26.9 Å². The lowest BCUT2D eigenvalue weighted by Gasteiger charge is -2.26. The number of nitrogens with two attached hydrogens (primary N) is 1. The summed E-state index contributed by atoms with van der Waals surface area (Å²) >= 11 is 0. The maximum Gasteiger partial charge on any atom is 0.258 e. The molecule has 0 fully saturated rings. The molecule has 3 rings (SSSR count). The minimum atomic E-state index is -0.560. The van der Waals surface area contributed by atoms with Gasteiger partial charge in [-0.2, -0.15) is 4.98 Å². The fraction of sp³-hybridized carbons (Fsp3) is 0.312. The van der Waals surface area contributed by atoms with Crippen LogP contribution in [0.2, 0.25) is 0 Å². The van der Waals surface area contributed by atoms with E-state index in [1.807, 2.05) is 0 Å². The molecule has 0 saturated carbocycles. The number of rotatable bonds is 4. The van der Waals surface area contributed by atoms with Crippen molar-refractivity contribution in [1.82, 2.24) is 9.97 Å². The number of ether oxygens (including phenoxy) is 3. The summed E-state index contributed by atoms with van der Waals surface area (Å²) in [5.74, 6) is 0.511. The van der Waals surface area contributed by atoms with E-state index in [9.17, 15) is 9.59 Å². The van der Waals surface area contributed by atoms with Crippen molar-refractivity contribution >= 4 is 17.7 Å². The fourth-order valence-corrected chi connectivity index (χ4v) is 3.05. The lowest BCUT2D eigenvalue weighted by atomic mass is 9.86. The SMILES string of the molecule is COc1ccc([C@@H]2CC(=O)Nc3nc(N)[nH]c(=O)c32)c(OC)c1OC. The number of nitrogens with one attached hydrogen (secondary N) is 2. The number of hydrogen-bond acceptors (Lipinski definition) is 7. The number of nitrogens with zero attached hydrogens (tertiary/aromatic N) is 1. The molecule has 1 atom stereocenters. The molecule has 1 aromatic heterocycles. The zero-order valence-corrected chi connectivity index (χ0v) is 14.0. The number of H-pyrrole nitrogens is 1. The molecule has 2 aromatic rings. The van der Waals surface area contributed by atoms with Gasteiger partial charge >= 0.3 is 0 Å². The normalized spacial score (nSPS) is 16.0. The van der Waals surface area contributed by atoms with Gasteiger partial charge in [0.25, 0.3) is 5.56 Å². The number of amides is 1. The summed E-state index contributed by atoms with van der Waals surface area (Å²) in [4.78, 5) is 31.0. The monoisotopic (exact) mass is 346 g/mol. The maximum atomic E-state index is 12.4. The fourth-order valence-electron chi connectivity index (χ4n) is 3.05. The highest BCUT2D eigenvalue weighted by atomic mass is 16.5. The van der Waals surface area contributed by atoms with Gasteiger partial charge in [0.15, 0.2) is 11.5 Å². The van der Waals surface area contributed by atoms with Crippen LogP contribution in [0.25, 0.3) is 0 Å². The van der Waals surface area contributed by atoms with Crippen LogP contribution in [0.1, 0.15) is 23.5 Å². The van der Waals surface area contributed by atoms with E-state index in [4.69, 9.17) is 19.9 Å². The van der Waals surface area contributed by atoms with Gasteiger partial charge in [0.2, 0.25) is 17.6 Å². The van der Waals surface area contributed by atoms with Gasteiger partial charge in [-0.05, 0) is 6.07 Å². The Bertz CT molecular complexity index is 893. The van der Waals surface area contributed by atoms with Gasteiger partial charge in [-0.25, -0.2) is 0 Å². The van der Waals surface area contributed by atoms with E-state index in [2.05, 4.69) is 15.3 Å². The van der Waals surface area contributed by atoms with E-state index >= 15 is 0 Å². The van der Waals surface area contributed by atoms with Crippen LogP contribution in [0.3, 0.4) is 0 Å². The number of nitrogen functional groups attached to an aromatic ring is 1. The van der Waals surface area contributed by atoms with Crippen molar-refractivity contribution in [1.29, 1.82) is 0 Å². The largest absolute Gasteiger partial charge is 0.493 e. The molecule has 0 unspecified atom stereocenters. The molecule has 1 aromatic carbocycles. The van der Waals surface area contributed by atoms with Crippen molar-refractivity contribution < 1.29 is 19.0 Å². The first-order valence-corrected chi connectivity index (χ1v) is 7.48. The predicted octanol–water partition coefficient (Wildman–Crippen LogP) is 0.852. The standard InChI is InChI=1S/C16H18N4O5/c1-23-9-5-4-7(12(24-2)13(9)25-3)8-6-10(21)18-14-11(8)15(22)20-16(17)19-14/h4-5,8H,6H2,1-3H3,(H4,17,18,19,20,21,22)/t8-/m0/s1. The Morgan fingerprint density at radius 2 is 1.84 bits per heavy atom. The maximum absolute atomic E-state index is 12.4. The summed E-state index contributed by atoms with van der Waals surface area (Å²) in [7, 11) is 4.48. The molecular weight excluding hydrogens is 328 g/mol. The van der Waals surface area contributed by atoms with Crippen molar-refractivity contribution in [2.75, 3.05) is 32.4 Å². The third-order valence-corrected chi connectivity index (χ3v) is 4.08. The van der Waals surface area contributed by atoms with Crippen LogP contribution < -0.4 is 30.8 Å². The smallest absolute Gasteiger partial charge is 0.258 e. The molecule has 1 amide bonds. The number of fused-ring (bicyclic) bond motifs is 1. The van der Waals surface area contributed by atoms with Gasteiger partial charge < -0.3 is 25.3 Å². The van der Waals surface area contributed by atoms with Gasteiger partial charge in [-0.15, -0.1) is 0 Å². The van der Waals surface area contributed by atoms with Crippen molar-refractivity contribution in [2.24, 2.45) is 0 Å². The summed E-state index contributed by atoms with van der Waals surface area (Å²) in [5, 5.41) is 2.58. The molecule has 9 heteroatoms. The molecule has 0 radical (unpaired) electrons. The van der Waals surface area contributed by atoms with Crippen LogP contribution in [0.15, 0.2) is 16.9 Å². The molecular formula is C16H18N4O5. The highest BCUT2D eigenvalue weighted by molar-refractivity contribution is 5.94. The molecule has 0 bridgehead atoms. The molecule has 4 N–H and O–H groups in total. The second kappa shape index (κ2) is 6.34. The molecule has 132 valence electrons. The Morgan fingerprint density at radius 1 is 1.12 bits per heavy atom. The average Bonchev–Trinajstić information content (AvgIpc) is 2.58. The zero-order chi connectivity index (χ0) is 18.1. The summed E-state index contributed by atoms with van der Waals surface area (Å²) in [6.45, 7) is 0. The first-order valence-electron chi connectivity index (χ1n) is 7.48. The van der Waals surface area contributed by atoms with Crippen LogP contribution in [-0.4, -0.2) is 37.2 Å². The van der Waals surface area contributed by atoms with Crippen LogP contribution in [0.4, 0.5) is 11.8 Å². The lowest BCUT2D eigenvalue weighted by Crippen LogP contribution is -2.31. The van der Waals surface area contributed by atoms with Crippen LogP contribution in [-0.2, 0) is 4.79 Å². The third kappa shape index (κ3) is 2.73. The van der Waals surface area contributed by atoms with Crippen molar-refractivity contribution in [2.45, 2.75) is 12.3 Å². The number of aromatic amines is 1. The molecule has 0 aliphatic carbocycles. The van der Waals surface area contributed by atoms with E-state index in [-0.39, 0.29) is 24.1 Å². The van der Waals surface area contributed by atoms with Gasteiger partial charge in [0.1, 0.15) is 5.82 Å². The number of carbonyl (C=O) groups excluding carboxylic acids is 1. The van der Waals surface area contributed by atoms with Crippen LogP contribution in [0, 0.1) is 0 Å². The van der Waals surface area contributed by atoms with Crippen LogP contribution >= 0.6 is 0 Å². The minimum absolute atomic E-state index is 0.0630. The van der Waals surface area contributed by atoms with Crippen molar-refractivity contribution in [3.05, 3.63) is 33.6 Å². The summed E-state index contributed by atoms with van der Waals surface area (Å²) in [5.41, 5.74) is 6.10. The number of carbonyl (C=O) groups is 1. The molecule has 9 nitrogen and oxygen atoms in total. The Morgan fingerprint density at radius 3 is 2.48 bits per heavy atom. The Balaban J connectivity index is 2.25. The number of hydrogen-bond donors (Lipinski definition) is 3. The quantitative estimate of drug-likeness (QED) is 0.748. The topological polar surface area (TPSA) is 129 Å². The molecule has 25 heavy (non-hydrogen) atoms. The van der Waals surface area contributed by atoms with Gasteiger partial charge in [0, 0.05) is 17.9 Å². The molecule has 0 saturated heterocycles. The highest BCUT2D eigenvalue weighted by Crippen LogP contribution is 2.46. The minimum Gasteiger partial charge on any atom is -0.493 e. The van der Waals surface area contributed by atoms with E-state index in [0.29, 0.717) is 28.4 Å². The van der Waals surface area contributed by atoms with E-state index in [0.717, 1.165) is 0 Å². The van der Waals surface area contributed by atoms with Crippen molar-refractivity contribution in [3.8, 4) is 17.2 Å². The summed E-state index contributed by atoms with van der Waals surface area (Å²) in [6.07, 6.45) is 0.0630. The molecule has 1 aliphatic rings. The summed E-state index contributed by atoms with van der Waals surface area (Å²) < 4.78 is 16.1. The molecule has 2 heterocycles. The van der Waals surface area contributed by atoms with Gasteiger partial charge in [-0.3, -0.25) is 14.6 Å². The number of anilines is 2. The summed E-state index contributed by atoms with van der Waals surface area (Å²) in [6, 6.07) is 3.44. The third-order valence-electron chi connectivity index (χ3n) is 4.08. The Labute approximate surface area is 143 Å². The first-order chi connectivity index (χ1) is 12.0. The Kier molecular flexibility index (Phi) is 4.22. The second-order valence-electron chi connectivity index (χ2n) is 5.44. The Hall–Kier alpha value is -3.23. The number of benzene rings is 1. The van der Waals surface area contributed by atoms with E-state index < -0.39 is 11.5 Å².